The van der Waals surface area contributed by atoms with Crippen LogP contribution >= 0.6 is 24.0 Å². The molecule has 1 heterocycles. The van der Waals surface area contributed by atoms with Gasteiger partial charge in [-0.05, 0) is 42.7 Å². The first-order valence-corrected chi connectivity index (χ1v) is 10.1. The van der Waals surface area contributed by atoms with Crippen molar-refractivity contribution < 1.29 is 4.79 Å². The van der Waals surface area contributed by atoms with E-state index in [1.54, 1.807) is 26.0 Å². The van der Waals surface area contributed by atoms with Crippen LogP contribution in [0.2, 0.25) is 0 Å². The molecule has 0 radical (unpaired) electrons. The monoisotopic (exact) mass is 521 g/mol. The zero-order valence-electron chi connectivity index (χ0n) is 18.0. The fourth-order valence-electron chi connectivity index (χ4n) is 3.58. The van der Waals surface area contributed by atoms with Crippen molar-refractivity contribution >= 4 is 41.5 Å². The van der Waals surface area contributed by atoms with E-state index in [0.29, 0.717) is 6.04 Å². The van der Waals surface area contributed by atoms with Gasteiger partial charge < -0.3 is 20.4 Å². The second kappa shape index (κ2) is 11.8. The molecule has 6 nitrogen and oxygen atoms in total. The van der Waals surface area contributed by atoms with Crippen LogP contribution in [0.25, 0.3) is 0 Å². The Bertz CT molecular complexity index is 840. The van der Waals surface area contributed by atoms with Crippen LogP contribution in [0.15, 0.2) is 59.6 Å². The predicted molar refractivity (Wildman–Crippen MR) is 135 cm³/mol. The summed E-state index contributed by atoms with van der Waals surface area (Å²) in [4.78, 5) is 20.5. The molecule has 2 aromatic carbocycles. The molecule has 30 heavy (non-hydrogen) atoms. The molecular weight excluding hydrogens is 489 g/mol. The summed E-state index contributed by atoms with van der Waals surface area (Å²) in [5.74, 6) is 0.854. The number of aliphatic imine (C=N–C) groups is 1. The molecule has 2 aromatic rings. The molecule has 1 saturated heterocycles. The minimum atomic E-state index is 0. The second-order valence-corrected chi connectivity index (χ2v) is 7.56. The number of benzene rings is 2. The zero-order chi connectivity index (χ0) is 20.6. The normalized spacial score (nSPS) is 16.0. The van der Waals surface area contributed by atoms with Gasteiger partial charge in [-0.1, -0.05) is 30.3 Å². The summed E-state index contributed by atoms with van der Waals surface area (Å²) in [5.41, 5.74) is 3.13. The molecule has 162 valence electrons. The number of hydrogen-bond acceptors (Lipinski definition) is 3. The molecule has 0 aromatic heterocycles. The Morgan fingerprint density at radius 3 is 2.63 bits per heavy atom. The molecule has 0 bridgehead atoms. The smallest absolute Gasteiger partial charge is 0.253 e. The highest BCUT2D eigenvalue weighted by molar-refractivity contribution is 14.0. The average molecular weight is 521 g/mol. The average Bonchev–Trinajstić information content (AvgIpc) is 3.22. The molecule has 7 heteroatoms. The van der Waals surface area contributed by atoms with Crippen LogP contribution in [0, 0.1) is 0 Å². The van der Waals surface area contributed by atoms with Crippen molar-refractivity contribution in [3.05, 3.63) is 65.7 Å². The van der Waals surface area contributed by atoms with E-state index in [1.807, 2.05) is 24.3 Å². The van der Waals surface area contributed by atoms with Gasteiger partial charge in [-0.2, -0.15) is 0 Å². The summed E-state index contributed by atoms with van der Waals surface area (Å²) in [5, 5.41) is 6.93. The predicted octanol–water partition coefficient (Wildman–Crippen LogP) is 2.99. The van der Waals surface area contributed by atoms with Crippen molar-refractivity contribution in [2.24, 2.45) is 4.99 Å². The molecule has 3 rings (SSSR count). The highest BCUT2D eigenvalue weighted by atomic mass is 127. The fraction of sp³-hybridized carbons (Fsp3) is 0.391. The quantitative estimate of drug-likeness (QED) is 0.349. The molecule has 0 spiro atoms. The molecular formula is C23H32IN5O. The summed E-state index contributed by atoms with van der Waals surface area (Å²) in [6.45, 7) is 2.78. The van der Waals surface area contributed by atoms with E-state index in [2.05, 4.69) is 50.9 Å². The molecule has 0 saturated carbocycles. The van der Waals surface area contributed by atoms with Gasteiger partial charge in [-0.15, -0.1) is 24.0 Å². The summed E-state index contributed by atoms with van der Waals surface area (Å²) in [6, 6.07) is 18.7. The van der Waals surface area contributed by atoms with Crippen molar-refractivity contribution in [3.63, 3.8) is 0 Å². The number of nitrogens with zero attached hydrogens (tertiary/aromatic N) is 3. The van der Waals surface area contributed by atoms with Crippen LogP contribution in [-0.2, 0) is 6.42 Å². The third-order valence-corrected chi connectivity index (χ3v) is 5.16. The Hall–Kier alpha value is -2.29. The van der Waals surface area contributed by atoms with Gasteiger partial charge in [0.25, 0.3) is 5.91 Å². The summed E-state index contributed by atoms with van der Waals surface area (Å²) < 4.78 is 0. The SMILES string of the molecule is CN=C(NCCc1cccc(C(=O)N(C)C)c1)NC1CCN(c2ccccc2)C1.I. The largest absolute Gasteiger partial charge is 0.369 e. The molecule has 2 N–H and O–H groups in total. The van der Waals surface area contributed by atoms with Crippen molar-refractivity contribution in [1.82, 2.24) is 15.5 Å². The highest BCUT2D eigenvalue weighted by Gasteiger charge is 2.23. The van der Waals surface area contributed by atoms with Crippen LogP contribution < -0.4 is 15.5 Å². The first-order chi connectivity index (χ1) is 14.1. The number of hydrogen-bond donors (Lipinski definition) is 2. The van der Waals surface area contributed by atoms with E-state index in [-0.39, 0.29) is 29.9 Å². The first kappa shape index (κ1) is 24.0. The maximum atomic E-state index is 12.1. The van der Waals surface area contributed by atoms with E-state index in [0.717, 1.165) is 49.6 Å². The number of carbonyl (C=O) groups is 1. The topological polar surface area (TPSA) is 60.0 Å². The Balaban J connectivity index is 0.00000320. The second-order valence-electron chi connectivity index (χ2n) is 7.56. The minimum absolute atomic E-state index is 0. The molecule has 1 aliphatic heterocycles. The summed E-state index contributed by atoms with van der Waals surface area (Å²) in [7, 11) is 5.35. The van der Waals surface area contributed by atoms with Gasteiger partial charge in [0.15, 0.2) is 5.96 Å². The van der Waals surface area contributed by atoms with Gasteiger partial charge in [0.2, 0.25) is 0 Å². The lowest BCUT2D eigenvalue weighted by Crippen LogP contribution is -2.45. The standard InChI is InChI=1S/C23H31N5O.HI/c1-24-23(26-20-13-15-28(17-20)21-10-5-4-6-11-21)25-14-12-18-8-7-9-19(16-18)22(29)27(2)3;/h4-11,16,20H,12-15,17H2,1-3H3,(H2,24,25,26);1H. The Morgan fingerprint density at radius 2 is 1.93 bits per heavy atom. The van der Waals surface area contributed by atoms with Gasteiger partial charge in [0.05, 0.1) is 0 Å². The maximum Gasteiger partial charge on any atom is 0.253 e. The number of anilines is 1. The number of amides is 1. The van der Waals surface area contributed by atoms with Gasteiger partial charge in [-0.25, -0.2) is 0 Å². The van der Waals surface area contributed by atoms with Gasteiger partial charge >= 0.3 is 0 Å². The van der Waals surface area contributed by atoms with Gasteiger partial charge in [0, 0.05) is 58.1 Å². The third kappa shape index (κ3) is 6.62. The van der Waals surface area contributed by atoms with E-state index in [1.165, 1.54) is 5.69 Å². The number of halogens is 1. The van der Waals surface area contributed by atoms with Crippen molar-refractivity contribution in [3.8, 4) is 0 Å². The molecule has 1 amide bonds. The minimum Gasteiger partial charge on any atom is -0.369 e. The van der Waals surface area contributed by atoms with Gasteiger partial charge in [0.1, 0.15) is 0 Å². The van der Waals surface area contributed by atoms with E-state index >= 15 is 0 Å². The molecule has 0 aliphatic carbocycles. The fourth-order valence-corrected chi connectivity index (χ4v) is 3.58. The molecule has 1 fully saturated rings. The van der Waals surface area contributed by atoms with Gasteiger partial charge in [-0.3, -0.25) is 9.79 Å². The summed E-state index contributed by atoms with van der Waals surface area (Å²) in [6.07, 6.45) is 1.92. The van der Waals surface area contributed by atoms with Crippen molar-refractivity contribution in [1.29, 1.82) is 0 Å². The van der Waals surface area contributed by atoms with E-state index < -0.39 is 0 Å². The van der Waals surface area contributed by atoms with E-state index in [4.69, 9.17) is 0 Å². The summed E-state index contributed by atoms with van der Waals surface area (Å²) >= 11 is 0. The van der Waals surface area contributed by atoms with Crippen LogP contribution in [0.1, 0.15) is 22.3 Å². The van der Waals surface area contributed by atoms with Crippen LogP contribution in [-0.4, -0.2) is 63.6 Å². The van der Waals surface area contributed by atoms with Crippen molar-refractivity contribution in [2.45, 2.75) is 18.9 Å². The van der Waals surface area contributed by atoms with Crippen LogP contribution in [0.5, 0.6) is 0 Å². The Morgan fingerprint density at radius 1 is 1.17 bits per heavy atom. The number of nitrogens with one attached hydrogen (secondary N) is 2. The van der Waals surface area contributed by atoms with Crippen LogP contribution in [0.3, 0.4) is 0 Å². The Labute approximate surface area is 196 Å². The molecule has 1 aliphatic rings. The number of carbonyl (C=O) groups excluding carboxylic acids is 1. The van der Waals surface area contributed by atoms with E-state index in [9.17, 15) is 4.79 Å². The highest BCUT2D eigenvalue weighted by Crippen LogP contribution is 2.19. The number of para-hydroxylation sites is 1. The molecule has 1 unspecified atom stereocenters. The lowest BCUT2D eigenvalue weighted by Gasteiger charge is -2.20. The number of guanidine groups is 1. The lowest BCUT2D eigenvalue weighted by atomic mass is 10.1. The number of rotatable bonds is 6. The van der Waals surface area contributed by atoms with Crippen LogP contribution in [0.4, 0.5) is 5.69 Å². The van der Waals surface area contributed by atoms with Crippen molar-refractivity contribution in [2.75, 3.05) is 45.7 Å². The lowest BCUT2D eigenvalue weighted by molar-refractivity contribution is 0.0827. The zero-order valence-corrected chi connectivity index (χ0v) is 20.3. The Kier molecular flexibility index (Phi) is 9.42. The third-order valence-electron chi connectivity index (χ3n) is 5.16. The maximum absolute atomic E-state index is 12.1. The molecule has 1 atom stereocenters. The first-order valence-electron chi connectivity index (χ1n) is 10.1.